The molecule has 0 N–H and O–H groups in total. The lowest BCUT2D eigenvalue weighted by molar-refractivity contribution is -0.389. The summed E-state index contributed by atoms with van der Waals surface area (Å²) in [5.74, 6) is -0.799. The Hall–Kier alpha value is -3.49. The third-order valence-electron chi connectivity index (χ3n) is 4.20. The summed E-state index contributed by atoms with van der Waals surface area (Å²) in [4.78, 5) is 40.4. The largest absolute Gasteiger partial charge is 0.472 e. The number of aromatic nitrogens is 1. The summed E-state index contributed by atoms with van der Waals surface area (Å²) < 4.78 is 10.6. The van der Waals surface area contributed by atoms with Gasteiger partial charge in [-0.15, -0.1) is 0 Å². The molecule has 2 aromatic rings. The van der Waals surface area contributed by atoms with E-state index in [2.05, 4.69) is 4.98 Å². The number of ether oxygens (including phenoxy) is 2. The van der Waals surface area contributed by atoms with E-state index in [1.807, 2.05) is 0 Å². The van der Waals surface area contributed by atoms with Gasteiger partial charge in [-0.05, 0) is 54.4 Å². The first-order chi connectivity index (χ1) is 13.2. The number of hydrogen-bond donors (Lipinski definition) is 0. The van der Waals surface area contributed by atoms with Crippen molar-refractivity contribution in [2.45, 2.75) is 32.9 Å². The maximum absolute atomic E-state index is 12.9. The van der Waals surface area contributed by atoms with Crippen LogP contribution in [0.2, 0.25) is 0 Å². The minimum absolute atomic E-state index is 0.0907. The predicted octanol–water partition coefficient (Wildman–Crippen LogP) is 2.87. The normalized spacial score (nSPS) is 14.8. The SMILES string of the molecule is CCOC(=O)c1ccc(CN2C(=O)C(C)(C)Oc3ccc([N+](=O)[O-])nc32)cc1. The van der Waals surface area contributed by atoms with Crippen molar-refractivity contribution < 1.29 is 24.0 Å². The highest BCUT2D eigenvalue weighted by Gasteiger charge is 2.44. The average Bonchev–Trinajstić information content (AvgIpc) is 2.65. The van der Waals surface area contributed by atoms with Gasteiger partial charge in [-0.25, -0.2) is 4.79 Å². The minimum atomic E-state index is -1.14. The molecule has 1 amide bonds. The van der Waals surface area contributed by atoms with E-state index in [0.29, 0.717) is 11.3 Å². The molecule has 0 bridgehead atoms. The van der Waals surface area contributed by atoms with Crippen LogP contribution in [-0.4, -0.2) is 34.0 Å². The van der Waals surface area contributed by atoms with Crippen molar-refractivity contribution in [1.82, 2.24) is 4.98 Å². The number of anilines is 1. The second-order valence-corrected chi connectivity index (χ2v) is 6.67. The van der Waals surface area contributed by atoms with Crippen LogP contribution in [-0.2, 0) is 16.1 Å². The average molecular weight is 385 g/mol. The lowest BCUT2D eigenvalue weighted by Crippen LogP contribution is -2.52. The molecule has 1 aliphatic rings. The van der Waals surface area contributed by atoms with E-state index in [4.69, 9.17) is 9.47 Å². The maximum atomic E-state index is 12.9. The van der Waals surface area contributed by atoms with E-state index in [1.54, 1.807) is 45.0 Å². The second-order valence-electron chi connectivity index (χ2n) is 6.67. The molecule has 0 saturated carbocycles. The Labute approximate surface area is 161 Å². The van der Waals surface area contributed by atoms with Crippen LogP contribution in [0.1, 0.15) is 36.7 Å². The van der Waals surface area contributed by atoms with Gasteiger partial charge in [0.2, 0.25) is 0 Å². The van der Waals surface area contributed by atoms with E-state index < -0.39 is 16.5 Å². The van der Waals surface area contributed by atoms with Gasteiger partial charge in [-0.3, -0.25) is 9.69 Å². The zero-order valence-corrected chi connectivity index (χ0v) is 15.7. The molecular weight excluding hydrogens is 366 g/mol. The van der Waals surface area contributed by atoms with Crippen LogP contribution in [0.25, 0.3) is 0 Å². The van der Waals surface area contributed by atoms with Crippen molar-refractivity contribution in [1.29, 1.82) is 0 Å². The van der Waals surface area contributed by atoms with Gasteiger partial charge in [0.15, 0.2) is 11.4 Å². The van der Waals surface area contributed by atoms with Gasteiger partial charge in [-0.2, -0.15) is 0 Å². The van der Waals surface area contributed by atoms with Crippen LogP contribution in [0, 0.1) is 10.1 Å². The summed E-state index contributed by atoms with van der Waals surface area (Å²) in [6.45, 7) is 5.36. The molecule has 0 radical (unpaired) electrons. The molecule has 0 spiro atoms. The Kier molecular flexibility index (Phi) is 5.00. The molecular formula is C19H19N3O6. The molecule has 2 heterocycles. The van der Waals surface area contributed by atoms with Gasteiger partial charge in [0.05, 0.1) is 18.7 Å². The zero-order chi connectivity index (χ0) is 20.5. The Morgan fingerprint density at radius 3 is 2.54 bits per heavy atom. The number of carbonyl (C=O) groups excluding carboxylic acids is 2. The first-order valence-electron chi connectivity index (χ1n) is 8.65. The molecule has 0 aliphatic carbocycles. The number of nitro groups is 1. The fourth-order valence-corrected chi connectivity index (χ4v) is 2.83. The standard InChI is InChI=1S/C19H19N3O6/c1-4-27-17(23)13-7-5-12(6-8-13)11-21-16-14(28-19(2,3)18(21)24)9-10-15(20-16)22(25)26/h5-10H,4,11H2,1-3H3. The van der Waals surface area contributed by atoms with Gasteiger partial charge in [0, 0.05) is 6.07 Å². The van der Waals surface area contributed by atoms with Gasteiger partial charge in [0.25, 0.3) is 11.7 Å². The summed E-state index contributed by atoms with van der Waals surface area (Å²) in [5.41, 5.74) is -0.0258. The lowest BCUT2D eigenvalue weighted by Gasteiger charge is -2.35. The predicted molar refractivity (Wildman–Crippen MR) is 99.2 cm³/mol. The monoisotopic (exact) mass is 385 g/mol. The van der Waals surface area contributed by atoms with Crippen LogP contribution in [0.15, 0.2) is 36.4 Å². The number of hydrogen-bond acceptors (Lipinski definition) is 7. The molecule has 0 atom stereocenters. The van der Waals surface area contributed by atoms with Crippen LogP contribution in [0.4, 0.5) is 11.6 Å². The smallest absolute Gasteiger partial charge is 0.366 e. The lowest BCUT2D eigenvalue weighted by atomic mass is 10.0. The molecule has 0 saturated heterocycles. The van der Waals surface area contributed by atoms with Crippen LogP contribution >= 0.6 is 0 Å². The van der Waals surface area contributed by atoms with E-state index in [-0.39, 0.29) is 30.7 Å². The van der Waals surface area contributed by atoms with Crippen LogP contribution in [0.3, 0.4) is 0 Å². The van der Waals surface area contributed by atoms with E-state index in [0.717, 1.165) is 5.56 Å². The first-order valence-corrected chi connectivity index (χ1v) is 8.65. The summed E-state index contributed by atoms with van der Waals surface area (Å²) in [6, 6.07) is 9.26. The Morgan fingerprint density at radius 1 is 1.25 bits per heavy atom. The summed E-state index contributed by atoms with van der Waals surface area (Å²) >= 11 is 0. The highest BCUT2D eigenvalue weighted by Crippen LogP contribution is 2.38. The van der Waals surface area contributed by atoms with Gasteiger partial charge >= 0.3 is 11.8 Å². The van der Waals surface area contributed by atoms with Crippen LogP contribution < -0.4 is 9.64 Å². The maximum Gasteiger partial charge on any atom is 0.366 e. The van der Waals surface area contributed by atoms with Gasteiger partial charge in [0.1, 0.15) is 0 Å². The zero-order valence-electron chi connectivity index (χ0n) is 15.7. The van der Waals surface area contributed by atoms with Gasteiger partial charge < -0.3 is 19.6 Å². The topological polar surface area (TPSA) is 112 Å². The number of nitrogens with zero attached hydrogens (tertiary/aromatic N) is 3. The first kappa shape index (κ1) is 19.3. The summed E-state index contributed by atoms with van der Waals surface area (Å²) in [7, 11) is 0. The Morgan fingerprint density at radius 2 is 1.93 bits per heavy atom. The van der Waals surface area contributed by atoms with Crippen molar-refractivity contribution in [2.24, 2.45) is 0 Å². The molecule has 1 aromatic carbocycles. The summed E-state index contributed by atoms with van der Waals surface area (Å²) in [5, 5.41) is 11.1. The number of esters is 1. The third kappa shape index (κ3) is 3.64. The van der Waals surface area contributed by atoms with E-state index in [9.17, 15) is 19.7 Å². The quantitative estimate of drug-likeness (QED) is 0.442. The number of rotatable bonds is 5. The Balaban J connectivity index is 1.94. The number of amides is 1. The van der Waals surface area contributed by atoms with Crippen molar-refractivity contribution in [3.63, 3.8) is 0 Å². The molecule has 1 aliphatic heterocycles. The van der Waals surface area contributed by atoms with E-state index >= 15 is 0 Å². The molecule has 9 nitrogen and oxygen atoms in total. The molecule has 28 heavy (non-hydrogen) atoms. The molecule has 3 rings (SSSR count). The number of benzene rings is 1. The third-order valence-corrected chi connectivity index (χ3v) is 4.20. The molecule has 0 fully saturated rings. The Bertz CT molecular complexity index is 939. The van der Waals surface area contributed by atoms with Crippen molar-refractivity contribution in [3.05, 3.63) is 57.6 Å². The highest BCUT2D eigenvalue weighted by atomic mass is 16.6. The molecule has 146 valence electrons. The van der Waals surface area contributed by atoms with Crippen molar-refractivity contribution >= 4 is 23.5 Å². The molecule has 1 aromatic heterocycles. The number of pyridine rings is 1. The molecule has 0 unspecified atom stereocenters. The van der Waals surface area contributed by atoms with Crippen LogP contribution in [0.5, 0.6) is 5.75 Å². The second kappa shape index (κ2) is 7.26. The fourth-order valence-electron chi connectivity index (χ4n) is 2.83. The minimum Gasteiger partial charge on any atom is -0.472 e. The fraction of sp³-hybridized carbons (Fsp3) is 0.316. The number of carbonyl (C=O) groups is 2. The summed E-state index contributed by atoms with van der Waals surface area (Å²) in [6.07, 6.45) is 0. The van der Waals surface area contributed by atoms with E-state index in [1.165, 1.54) is 17.0 Å². The van der Waals surface area contributed by atoms with Crippen molar-refractivity contribution in [3.8, 4) is 5.75 Å². The van der Waals surface area contributed by atoms with Crippen molar-refractivity contribution in [2.75, 3.05) is 11.5 Å². The highest BCUT2D eigenvalue weighted by molar-refractivity contribution is 6.01. The van der Waals surface area contributed by atoms with Gasteiger partial charge in [-0.1, -0.05) is 12.1 Å². The number of fused-ring (bicyclic) bond motifs is 1. The molecule has 9 heteroatoms.